The van der Waals surface area contributed by atoms with Crippen molar-refractivity contribution < 1.29 is 13.2 Å². The number of benzene rings is 1. The molecule has 0 aliphatic carbocycles. The lowest BCUT2D eigenvalue weighted by Gasteiger charge is -2.33. The van der Waals surface area contributed by atoms with Gasteiger partial charge in [-0.3, -0.25) is 14.4 Å². The molecule has 1 aliphatic heterocycles. The molecule has 1 amide bonds. The summed E-state index contributed by atoms with van der Waals surface area (Å²) in [4.78, 5) is 36.9. The predicted molar refractivity (Wildman–Crippen MR) is 95.4 cm³/mol. The molecule has 0 atom stereocenters. The van der Waals surface area contributed by atoms with E-state index in [2.05, 4.69) is 0 Å². The highest BCUT2D eigenvalue weighted by molar-refractivity contribution is 7.89. The number of nitrogens with zero attached hydrogens (tertiary/aromatic N) is 4. The molecule has 0 saturated carbocycles. The van der Waals surface area contributed by atoms with Crippen LogP contribution in [0.3, 0.4) is 0 Å². The smallest absolute Gasteiger partial charge is 0.316 e. The van der Waals surface area contributed by atoms with Gasteiger partial charge >= 0.3 is 11.1 Å². The maximum Gasteiger partial charge on any atom is 0.316 e. The molecule has 2 aromatic rings. The van der Waals surface area contributed by atoms with Crippen LogP contribution in [0.25, 0.3) is 11.0 Å². The summed E-state index contributed by atoms with van der Waals surface area (Å²) in [7, 11) is -0.851. The lowest BCUT2D eigenvalue weighted by molar-refractivity contribution is -0.129. The van der Waals surface area contributed by atoms with Crippen LogP contribution in [0.4, 0.5) is 0 Å². The maximum atomic E-state index is 12.9. The molecule has 140 valence electrons. The predicted octanol–water partition coefficient (Wildman–Crippen LogP) is -0.910. The van der Waals surface area contributed by atoms with Crippen molar-refractivity contribution in [3.8, 4) is 0 Å². The summed E-state index contributed by atoms with van der Waals surface area (Å²) in [6.07, 6.45) is 0. The van der Waals surface area contributed by atoms with Gasteiger partial charge in [-0.1, -0.05) is 0 Å². The topological polar surface area (TPSA) is 102 Å². The van der Waals surface area contributed by atoms with Gasteiger partial charge in [0.05, 0.1) is 15.9 Å². The van der Waals surface area contributed by atoms with Gasteiger partial charge in [0.15, 0.2) is 0 Å². The number of hydrogen-bond donors (Lipinski definition) is 0. The van der Waals surface area contributed by atoms with Gasteiger partial charge in [-0.2, -0.15) is 4.31 Å². The fourth-order valence-corrected chi connectivity index (χ4v) is 4.56. The molecular weight excluding hydrogens is 360 g/mol. The number of amides is 1. The number of sulfonamides is 1. The Bertz CT molecular complexity index is 1110. The summed E-state index contributed by atoms with van der Waals surface area (Å²) < 4.78 is 29.5. The molecule has 3 rings (SSSR count). The van der Waals surface area contributed by atoms with Crippen molar-refractivity contribution in [1.82, 2.24) is 18.3 Å². The van der Waals surface area contributed by atoms with Crippen molar-refractivity contribution in [2.24, 2.45) is 14.1 Å². The number of aromatic nitrogens is 2. The quantitative estimate of drug-likeness (QED) is 0.628. The Morgan fingerprint density at radius 3 is 2.00 bits per heavy atom. The number of aryl methyl sites for hydroxylation is 2. The first-order valence-corrected chi connectivity index (χ1v) is 9.54. The molecule has 1 aromatic carbocycles. The van der Waals surface area contributed by atoms with Gasteiger partial charge in [-0.25, -0.2) is 8.42 Å². The standard InChI is InChI=1S/C16H20N4O5S/c1-11(21)19-6-8-20(9-7-19)26(24,25)12-4-5-13-14(10-12)18(3)16(23)15(22)17(13)2/h4-5,10H,6-9H2,1-3H3. The summed E-state index contributed by atoms with van der Waals surface area (Å²) in [6, 6.07) is 4.36. The van der Waals surface area contributed by atoms with Crippen LogP contribution in [-0.4, -0.2) is 58.8 Å². The van der Waals surface area contributed by atoms with E-state index in [0.29, 0.717) is 24.1 Å². The molecular formula is C16H20N4O5S. The molecule has 0 spiro atoms. The van der Waals surface area contributed by atoms with E-state index in [1.54, 1.807) is 4.90 Å². The van der Waals surface area contributed by atoms with Crippen LogP contribution in [0.1, 0.15) is 6.92 Å². The fraction of sp³-hybridized carbons (Fsp3) is 0.438. The Morgan fingerprint density at radius 1 is 0.923 bits per heavy atom. The molecule has 9 nitrogen and oxygen atoms in total. The van der Waals surface area contributed by atoms with Crippen molar-refractivity contribution in [3.05, 3.63) is 38.9 Å². The zero-order valence-electron chi connectivity index (χ0n) is 14.8. The summed E-state index contributed by atoms with van der Waals surface area (Å²) in [5.41, 5.74) is -0.557. The van der Waals surface area contributed by atoms with Crippen molar-refractivity contribution in [1.29, 1.82) is 0 Å². The molecule has 1 aromatic heterocycles. The van der Waals surface area contributed by atoms with Crippen molar-refractivity contribution >= 4 is 27.0 Å². The molecule has 0 unspecified atom stereocenters. The van der Waals surface area contributed by atoms with E-state index in [4.69, 9.17) is 0 Å². The van der Waals surface area contributed by atoms with Gasteiger partial charge < -0.3 is 14.0 Å². The Morgan fingerprint density at radius 2 is 1.46 bits per heavy atom. The first kappa shape index (κ1) is 18.3. The average molecular weight is 380 g/mol. The Labute approximate surface area is 150 Å². The minimum atomic E-state index is -3.76. The van der Waals surface area contributed by atoms with Crippen LogP contribution >= 0.6 is 0 Å². The second kappa shape index (κ2) is 6.36. The minimum absolute atomic E-state index is 0.0509. The highest BCUT2D eigenvalue weighted by Crippen LogP contribution is 2.21. The first-order chi connectivity index (χ1) is 12.1. The van der Waals surface area contributed by atoms with Crippen molar-refractivity contribution in [3.63, 3.8) is 0 Å². The highest BCUT2D eigenvalue weighted by atomic mass is 32.2. The van der Waals surface area contributed by atoms with E-state index in [9.17, 15) is 22.8 Å². The van der Waals surface area contributed by atoms with E-state index < -0.39 is 21.1 Å². The van der Waals surface area contributed by atoms with Gasteiger partial charge in [-0.15, -0.1) is 0 Å². The molecule has 2 heterocycles. The van der Waals surface area contributed by atoms with Crippen LogP contribution in [0.15, 0.2) is 32.7 Å². The number of piperazine rings is 1. The largest absolute Gasteiger partial charge is 0.340 e. The van der Waals surface area contributed by atoms with Crippen molar-refractivity contribution in [2.75, 3.05) is 26.2 Å². The van der Waals surface area contributed by atoms with Crippen LogP contribution in [0.5, 0.6) is 0 Å². The number of hydrogen-bond acceptors (Lipinski definition) is 5. The first-order valence-electron chi connectivity index (χ1n) is 8.10. The monoisotopic (exact) mass is 380 g/mol. The van der Waals surface area contributed by atoms with Gasteiger partial charge in [0.25, 0.3) is 0 Å². The van der Waals surface area contributed by atoms with Crippen LogP contribution in [0.2, 0.25) is 0 Å². The molecule has 0 bridgehead atoms. The SMILES string of the molecule is CC(=O)N1CCN(S(=O)(=O)c2ccc3c(c2)n(C)c(=O)c(=O)n3C)CC1. The normalized spacial score (nSPS) is 16.2. The van der Waals surface area contributed by atoms with Gasteiger partial charge in [0.1, 0.15) is 0 Å². The summed E-state index contributed by atoms with van der Waals surface area (Å²) in [6.45, 7) is 2.57. The van der Waals surface area contributed by atoms with E-state index >= 15 is 0 Å². The second-order valence-electron chi connectivity index (χ2n) is 6.29. The number of fused-ring (bicyclic) bond motifs is 1. The fourth-order valence-electron chi connectivity index (χ4n) is 3.11. The van der Waals surface area contributed by atoms with E-state index in [1.807, 2.05) is 0 Å². The summed E-state index contributed by atoms with van der Waals surface area (Å²) >= 11 is 0. The van der Waals surface area contributed by atoms with Crippen LogP contribution in [0, 0.1) is 0 Å². The molecule has 26 heavy (non-hydrogen) atoms. The molecule has 1 aliphatic rings. The number of carbonyl (C=O) groups excluding carboxylic acids is 1. The van der Waals surface area contributed by atoms with Crippen LogP contribution < -0.4 is 11.1 Å². The third kappa shape index (κ3) is 2.84. The summed E-state index contributed by atoms with van der Waals surface area (Å²) in [5, 5.41) is 0. The van der Waals surface area contributed by atoms with Gasteiger partial charge in [0, 0.05) is 47.2 Å². The maximum absolute atomic E-state index is 12.9. The molecule has 10 heteroatoms. The number of carbonyl (C=O) groups is 1. The van der Waals surface area contributed by atoms with Crippen LogP contribution in [-0.2, 0) is 28.9 Å². The molecule has 0 radical (unpaired) electrons. The minimum Gasteiger partial charge on any atom is -0.340 e. The Kier molecular flexibility index (Phi) is 4.49. The summed E-state index contributed by atoms with van der Waals surface area (Å²) in [5.74, 6) is -0.0799. The average Bonchev–Trinajstić information content (AvgIpc) is 2.64. The lowest BCUT2D eigenvalue weighted by atomic mass is 10.3. The van der Waals surface area contributed by atoms with Gasteiger partial charge in [-0.05, 0) is 18.2 Å². The zero-order chi connectivity index (χ0) is 19.2. The van der Waals surface area contributed by atoms with Crippen molar-refractivity contribution in [2.45, 2.75) is 11.8 Å². The van der Waals surface area contributed by atoms with E-state index in [1.165, 1.54) is 48.1 Å². The molecule has 0 N–H and O–H groups in total. The van der Waals surface area contributed by atoms with E-state index in [-0.39, 0.29) is 23.9 Å². The number of rotatable bonds is 2. The van der Waals surface area contributed by atoms with Gasteiger partial charge in [0.2, 0.25) is 15.9 Å². The third-order valence-electron chi connectivity index (χ3n) is 4.78. The molecule has 1 saturated heterocycles. The lowest BCUT2D eigenvalue weighted by Crippen LogP contribution is -2.49. The molecule has 1 fully saturated rings. The third-order valence-corrected chi connectivity index (χ3v) is 6.68. The highest BCUT2D eigenvalue weighted by Gasteiger charge is 2.29. The Hall–Kier alpha value is -2.46. The Balaban J connectivity index is 2.04. The van der Waals surface area contributed by atoms with E-state index in [0.717, 1.165) is 4.57 Å². The zero-order valence-corrected chi connectivity index (χ0v) is 15.6. The second-order valence-corrected chi connectivity index (χ2v) is 8.23.